The molecule has 0 unspecified atom stereocenters. The molecule has 7 heteroatoms. The van der Waals surface area contributed by atoms with E-state index in [1.165, 1.54) is 29.4 Å². The Kier molecular flexibility index (Phi) is 8.03. The lowest BCUT2D eigenvalue weighted by Gasteiger charge is -2.22. The Morgan fingerprint density at radius 2 is 1.71 bits per heavy atom. The number of carbonyl (C=O) groups is 1. The Bertz CT molecular complexity index is 1230. The fourth-order valence-electron chi connectivity index (χ4n) is 3.97. The third-order valence-corrected chi connectivity index (χ3v) is 6.69. The second kappa shape index (κ2) is 11.6. The van der Waals surface area contributed by atoms with Crippen molar-refractivity contribution >= 4 is 29.1 Å². The van der Waals surface area contributed by atoms with Gasteiger partial charge in [0.25, 0.3) is 0 Å². The largest absolute Gasteiger partial charge is 0.406 e. The van der Waals surface area contributed by atoms with Gasteiger partial charge in [0.05, 0.1) is 18.6 Å². The van der Waals surface area contributed by atoms with Crippen molar-refractivity contribution in [2.45, 2.75) is 25.8 Å². The van der Waals surface area contributed by atoms with Gasteiger partial charge in [0, 0.05) is 24.9 Å². The lowest BCUT2D eigenvalue weighted by atomic mass is 9.88. The summed E-state index contributed by atoms with van der Waals surface area (Å²) in [4.78, 5) is 16.0. The zero-order chi connectivity index (χ0) is 24.6. The van der Waals surface area contributed by atoms with Crippen LogP contribution in [0, 0.1) is 0 Å². The molecule has 0 fully saturated rings. The van der Waals surface area contributed by atoms with Crippen LogP contribution in [0.1, 0.15) is 36.0 Å². The lowest BCUT2D eigenvalue weighted by Crippen LogP contribution is -2.39. The van der Waals surface area contributed by atoms with E-state index in [9.17, 15) is 4.79 Å². The summed E-state index contributed by atoms with van der Waals surface area (Å²) in [7, 11) is 0. The number of hydrazone groups is 1. The minimum absolute atomic E-state index is 0.0520. The smallest absolute Gasteiger partial charge is 0.352 e. The van der Waals surface area contributed by atoms with Crippen LogP contribution in [-0.2, 0) is 11.3 Å². The maximum Gasteiger partial charge on any atom is 0.406 e. The third-order valence-electron chi connectivity index (χ3n) is 5.84. The molecule has 3 aromatic carbocycles. The molecule has 0 aliphatic heterocycles. The number of nitrogens with zero attached hydrogens (tertiary/aromatic N) is 3. The van der Waals surface area contributed by atoms with E-state index in [1.807, 2.05) is 41.8 Å². The van der Waals surface area contributed by atoms with E-state index in [-0.39, 0.29) is 11.8 Å². The Morgan fingerprint density at radius 1 is 1.06 bits per heavy atom. The molecule has 0 spiro atoms. The number of amides is 1. The van der Waals surface area contributed by atoms with E-state index >= 15 is 0 Å². The first kappa shape index (κ1) is 24.3. The average molecular weight is 485 g/mol. The number of aromatic nitrogens is 1. The van der Waals surface area contributed by atoms with Crippen LogP contribution < -0.4 is 11.2 Å². The number of nitrogens with one attached hydrogen (secondary N) is 1. The van der Waals surface area contributed by atoms with E-state index in [2.05, 4.69) is 60.6 Å². The van der Waals surface area contributed by atoms with Gasteiger partial charge < -0.3 is 5.32 Å². The summed E-state index contributed by atoms with van der Waals surface area (Å²) >= 11 is 1.49. The molecule has 4 rings (SSSR count). The number of benzene rings is 3. The van der Waals surface area contributed by atoms with Gasteiger partial charge in [0.1, 0.15) is 0 Å². The molecule has 0 aliphatic carbocycles. The highest BCUT2D eigenvalue weighted by molar-refractivity contribution is 7.13. The molecule has 1 heterocycles. The van der Waals surface area contributed by atoms with Crippen molar-refractivity contribution in [1.29, 1.82) is 0 Å². The molecule has 3 N–H and O–H groups in total. The lowest BCUT2D eigenvalue weighted by molar-refractivity contribution is -0.620. The van der Waals surface area contributed by atoms with Crippen LogP contribution in [0.25, 0.3) is 11.3 Å². The average Bonchev–Trinajstić information content (AvgIpc) is 3.39. The van der Waals surface area contributed by atoms with Gasteiger partial charge in [-0.2, -0.15) is 5.12 Å². The SMILES string of the molecule is C=[N+](c1nc(-c2cccc(CNC(C)=O)c2)cs1)N(N)CCC(c1ccccc1)c1ccccc1. The van der Waals surface area contributed by atoms with Crippen LogP contribution in [0.15, 0.2) is 90.3 Å². The monoisotopic (exact) mass is 484 g/mol. The Labute approximate surface area is 210 Å². The number of thiazole rings is 1. The molecule has 1 aromatic heterocycles. The second-order valence-corrected chi connectivity index (χ2v) is 9.19. The maximum atomic E-state index is 11.2. The molecule has 178 valence electrons. The van der Waals surface area contributed by atoms with Gasteiger partial charge in [-0.15, -0.1) is 4.68 Å². The highest BCUT2D eigenvalue weighted by atomic mass is 32.1. The number of carbonyl (C=O) groups excluding carboxylic acids is 1. The predicted octanol–water partition coefficient (Wildman–Crippen LogP) is 5.10. The molecular formula is C28H30N5OS+. The standard InChI is InChI=1S/C28H29N5OS/c1-21(34)30-19-22-10-9-15-25(18-22)27-20-35-28(31-27)32(2)33(29)17-16-26(23-11-5-3-6-12-23)24-13-7-4-8-14-24/h3-15,18,20,26H,2,16-17,19,29H2,1H3/p+1. The molecular weight excluding hydrogens is 454 g/mol. The summed E-state index contributed by atoms with van der Waals surface area (Å²) in [5.41, 5.74) is 5.38. The van der Waals surface area contributed by atoms with Crippen LogP contribution >= 0.6 is 11.3 Å². The highest BCUT2D eigenvalue weighted by Gasteiger charge is 2.22. The number of hydrogen-bond acceptors (Lipinski definition) is 5. The molecule has 0 atom stereocenters. The van der Waals surface area contributed by atoms with Crippen molar-refractivity contribution in [2.75, 3.05) is 6.54 Å². The Morgan fingerprint density at radius 3 is 2.34 bits per heavy atom. The minimum atomic E-state index is -0.0520. The van der Waals surface area contributed by atoms with Crippen molar-refractivity contribution in [1.82, 2.24) is 15.4 Å². The molecule has 6 nitrogen and oxygen atoms in total. The first-order chi connectivity index (χ1) is 17.0. The molecule has 35 heavy (non-hydrogen) atoms. The summed E-state index contributed by atoms with van der Waals surface area (Å²) < 4.78 is 1.66. The van der Waals surface area contributed by atoms with E-state index in [4.69, 9.17) is 10.8 Å². The van der Waals surface area contributed by atoms with Crippen molar-refractivity contribution in [3.05, 3.63) is 107 Å². The van der Waals surface area contributed by atoms with Gasteiger partial charge in [0.15, 0.2) is 5.69 Å². The zero-order valence-electron chi connectivity index (χ0n) is 19.8. The summed E-state index contributed by atoms with van der Waals surface area (Å²) in [6.07, 6.45) is 0.833. The van der Waals surface area contributed by atoms with Gasteiger partial charge in [-0.1, -0.05) is 78.9 Å². The fraction of sp³-hybridized carbons (Fsp3) is 0.179. The highest BCUT2D eigenvalue weighted by Crippen LogP contribution is 2.30. The minimum Gasteiger partial charge on any atom is -0.352 e. The molecule has 1 amide bonds. The van der Waals surface area contributed by atoms with Gasteiger partial charge in [-0.05, 0) is 45.5 Å². The van der Waals surface area contributed by atoms with Crippen molar-refractivity contribution in [3.8, 4) is 11.3 Å². The molecule has 0 saturated heterocycles. The Hall–Kier alpha value is -3.81. The fourth-order valence-corrected chi connectivity index (χ4v) is 4.75. The number of nitrogens with two attached hydrogens (primary N) is 1. The van der Waals surface area contributed by atoms with Gasteiger partial charge in [0.2, 0.25) is 5.91 Å². The van der Waals surface area contributed by atoms with Crippen LogP contribution in [-0.4, -0.2) is 34.0 Å². The molecule has 4 aromatic rings. The van der Waals surface area contributed by atoms with E-state index in [0.29, 0.717) is 18.2 Å². The van der Waals surface area contributed by atoms with E-state index in [0.717, 1.165) is 23.2 Å². The number of hydrazine groups is 2. The molecule has 0 bridgehead atoms. The maximum absolute atomic E-state index is 11.2. The molecule has 0 radical (unpaired) electrons. The summed E-state index contributed by atoms with van der Waals surface area (Å²) in [5, 5.41) is 7.16. The number of hydrogen-bond donors (Lipinski definition) is 2. The normalized spacial score (nSPS) is 10.8. The van der Waals surface area contributed by atoms with Crippen LogP contribution in [0.2, 0.25) is 0 Å². The number of rotatable bonds is 10. The van der Waals surface area contributed by atoms with Gasteiger partial charge in [-0.25, -0.2) is 5.84 Å². The van der Waals surface area contributed by atoms with Crippen molar-refractivity contribution < 1.29 is 9.48 Å². The summed E-state index contributed by atoms with van der Waals surface area (Å²) in [6, 6.07) is 29.0. The van der Waals surface area contributed by atoms with Crippen LogP contribution in [0.4, 0.5) is 5.13 Å². The van der Waals surface area contributed by atoms with E-state index in [1.54, 1.807) is 9.80 Å². The summed E-state index contributed by atoms with van der Waals surface area (Å²) in [5.74, 6) is 6.60. The first-order valence-electron chi connectivity index (χ1n) is 11.5. The Balaban J connectivity index is 1.44. The zero-order valence-corrected chi connectivity index (χ0v) is 20.6. The quantitative estimate of drug-likeness (QED) is 0.142. The van der Waals surface area contributed by atoms with Gasteiger partial charge >= 0.3 is 5.13 Å². The predicted molar refractivity (Wildman–Crippen MR) is 142 cm³/mol. The topological polar surface area (TPSA) is 74.3 Å². The first-order valence-corrected chi connectivity index (χ1v) is 12.4. The van der Waals surface area contributed by atoms with Gasteiger partial charge in [-0.3, -0.25) is 4.79 Å². The third kappa shape index (κ3) is 6.41. The molecule has 0 saturated carbocycles. The summed E-state index contributed by atoms with van der Waals surface area (Å²) in [6.45, 7) is 6.75. The molecule has 0 aliphatic rings. The van der Waals surface area contributed by atoms with Crippen LogP contribution in [0.3, 0.4) is 0 Å². The van der Waals surface area contributed by atoms with Crippen molar-refractivity contribution in [3.63, 3.8) is 0 Å². The van der Waals surface area contributed by atoms with Crippen LogP contribution in [0.5, 0.6) is 0 Å². The van der Waals surface area contributed by atoms with Crippen molar-refractivity contribution in [2.24, 2.45) is 5.84 Å². The second-order valence-electron chi connectivity index (χ2n) is 8.35. The van der Waals surface area contributed by atoms with E-state index < -0.39 is 0 Å².